The van der Waals surface area contributed by atoms with Gasteiger partial charge in [0, 0.05) is 11.8 Å². The maximum absolute atomic E-state index is 10.7. The number of aliphatic hydroxyl groups is 1. The quantitative estimate of drug-likeness (QED) is 0.906. The van der Waals surface area contributed by atoms with E-state index in [2.05, 4.69) is 5.10 Å². The van der Waals surface area contributed by atoms with Gasteiger partial charge < -0.3 is 10.2 Å². The van der Waals surface area contributed by atoms with Crippen molar-refractivity contribution in [3.05, 3.63) is 42.1 Å². The largest absolute Gasteiger partial charge is 0.479 e. The summed E-state index contributed by atoms with van der Waals surface area (Å²) in [7, 11) is 0. The SMILES string of the molecule is O=C(O)C(O)c1ccc(-c2ccn(C3CCCC3)n2)cc1. The van der Waals surface area contributed by atoms with Crippen molar-refractivity contribution in [3.8, 4) is 11.3 Å². The Morgan fingerprint density at radius 1 is 1.19 bits per heavy atom. The van der Waals surface area contributed by atoms with Gasteiger partial charge in [-0.2, -0.15) is 5.10 Å². The second kappa shape index (κ2) is 5.69. The topological polar surface area (TPSA) is 75.3 Å². The van der Waals surface area contributed by atoms with Crippen LogP contribution < -0.4 is 0 Å². The molecule has 1 aliphatic rings. The Morgan fingerprint density at radius 3 is 2.48 bits per heavy atom. The molecule has 0 spiro atoms. The first-order valence-corrected chi connectivity index (χ1v) is 7.21. The fourth-order valence-corrected chi connectivity index (χ4v) is 2.84. The van der Waals surface area contributed by atoms with Gasteiger partial charge in [-0.25, -0.2) is 4.79 Å². The Balaban J connectivity index is 1.79. The Hall–Kier alpha value is -2.14. The fraction of sp³-hybridized carbons (Fsp3) is 0.375. The number of carboxylic acid groups (broad SMARTS) is 1. The van der Waals surface area contributed by atoms with Gasteiger partial charge in [0.05, 0.1) is 11.7 Å². The third-order valence-corrected chi connectivity index (χ3v) is 4.06. The summed E-state index contributed by atoms with van der Waals surface area (Å²) >= 11 is 0. The summed E-state index contributed by atoms with van der Waals surface area (Å²) in [5.41, 5.74) is 2.17. The summed E-state index contributed by atoms with van der Waals surface area (Å²) in [6.45, 7) is 0. The minimum Gasteiger partial charge on any atom is -0.479 e. The number of aliphatic carboxylic acids is 1. The van der Waals surface area contributed by atoms with E-state index in [9.17, 15) is 9.90 Å². The molecule has 110 valence electrons. The number of nitrogens with zero attached hydrogens (tertiary/aromatic N) is 2. The average Bonchev–Trinajstić information content (AvgIpc) is 3.17. The van der Waals surface area contributed by atoms with Gasteiger partial charge in [-0.05, 0) is 24.5 Å². The second-order valence-electron chi connectivity index (χ2n) is 5.48. The summed E-state index contributed by atoms with van der Waals surface area (Å²) in [6, 6.07) is 9.32. The van der Waals surface area contributed by atoms with Gasteiger partial charge in [-0.1, -0.05) is 37.1 Å². The molecule has 2 N–H and O–H groups in total. The van der Waals surface area contributed by atoms with Crippen molar-refractivity contribution < 1.29 is 15.0 Å². The molecule has 2 aromatic rings. The van der Waals surface area contributed by atoms with Crippen LogP contribution in [0.1, 0.15) is 43.4 Å². The van der Waals surface area contributed by atoms with E-state index < -0.39 is 12.1 Å². The maximum Gasteiger partial charge on any atom is 0.337 e. The highest BCUT2D eigenvalue weighted by molar-refractivity contribution is 5.74. The highest BCUT2D eigenvalue weighted by Gasteiger charge is 2.18. The first-order valence-electron chi connectivity index (χ1n) is 7.21. The van der Waals surface area contributed by atoms with Crippen molar-refractivity contribution in [2.24, 2.45) is 0 Å². The Labute approximate surface area is 122 Å². The number of hydrogen-bond donors (Lipinski definition) is 2. The summed E-state index contributed by atoms with van der Waals surface area (Å²) in [6.07, 6.45) is 5.43. The van der Waals surface area contributed by atoms with Crippen molar-refractivity contribution in [2.45, 2.75) is 37.8 Å². The molecule has 1 atom stereocenters. The van der Waals surface area contributed by atoms with Crippen molar-refractivity contribution in [1.82, 2.24) is 9.78 Å². The third kappa shape index (κ3) is 2.83. The van der Waals surface area contributed by atoms with Crippen molar-refractivity contribution >= 4 is 5.97 Å². The summed E-state index contributed by atoms with van der Waals surface area (Å²) < 4.78 is 2.03. The van der Waals surface area contributed by atoms with Crippen molar-refractivity contribution in [2.75, 3.05) is 0 Å². The summed E-state index contributed by atoms with van der Waals surface area (Å²) in [5, 5.41) is 22.9. The molecule has 3 rings (SSSR count). The minimum absolute atomic E-state index is 0.376. The summed E-state index contributed by atoms with van der Waals surface area (Å²) in [5.74, 6) is -1.24. The number of benzene rings is 1. The first kappa shape index (κ1) is 13.8. The molecule has 1 heterocycles. The predicted molar refractivity (Wildman–Crippen MR) is 77.8 cm³/mol. The Morgan fingerprint density at radius 2 is 1.86 bits per heavy atom. The lowest BCUT2D eigenvalue weighted by Crippen LogP contribution is -2.10. The van der Waals surface area contributed by atoms with E-state index in [4.69, 9.17) is 5.11 Å². The normalized spacial score (nSPS) is 17.0. The lowest BCUT2D eigenvalue weighted by Gasteiger charge is -2.09. The number of aliphatic hydroxyl groups excluding tert-OH is 1. The van der Waals surface area contributed by atoms with E-state index in [1.54, 1.807) is 24.3 Å². The third-order valence-electron chi connectivity index (χ3n) is 4.06. The molecule has 0 bridgehead atoms. The molecule has 0 aliphatic heterocycles. The molecule has 1 fully saturated rings. The van der Waals surface area contributed by atoms with E-state index >= 15 is 0 Å². The molecule has 0 saturated heterocycles. The molecule has 5 nitrogen and oxygen atoms in total. The molecule has 5 heteroatoms. The number of aromatic nitrogens is 2. The Kier molecular flexibility index (Phi) is 3.75. The van der Waals surface area contributed by atoms with Crippen LogP contribution in [0.15, 0.2) is 36.5 Å². The molecule has 21 heavy (non-hydrogen) atoms. The lowest BCUT2D eigenvalue weighted by atomic mass is 10.1. The number of rotatable bonds is 4. The van der Waals surface area contributed by atoms with Gasteiger partial charge >= 0.3 is 5.97 Å². The van der Waals surface area contributed by atoms with E-state index in [0.29, 0.717) is 11.6 Å². The van der Waals surface area contributed by atoms with Crippen molar-refractivity contribution in [3.63, 3.8) is 0 Å². The van der Waals surface area contributed by atoms with Gasteiger partial charge in [-0.15, -0.1) is 0 Å². The van der Waals surface area contributed by atoms with Crippen LogP contribution in [0.25, 0.3) is 11.3 Å². The molecule has 0 radical (unpaired) electrons. The van der Waals surface area contributed by atoms with Crippen LogP contribution in [-0.4, -0.2) is 26.0 Å². The number of hydrogen-bond acceptors (Lipinski definition) is 3. The van der Waals surface area contributed by atoms with E-state index in [0.717, 1.165) is 11.3 Å². The van der Waals surface area contributed by atoms with Crippen LogP contribution in [0.4, 0.5) is 0 Å². The van der Waals surface area contributed by atoms with Crippen LogP contribution in [0.3, 0.4) is 0 Å². The highest BCUT2D eigenvalue weighted by atomic mass is 16.4. The smallest absolute Gasteiger partial charge is 0.337 e. The molecule has 0 amide bonds. The first-order chi connectivity index (χ1) is 10.1. The van der Waals surface area contributed by atoms with E-state index in [1.807, 2.05) is 16.9 Å². The van der Waals surface area contributed by atoms with Gasteiger partial charge in [0.25, 0.3) is 0 Å². The van der Waals surface area contributed by atoms with Crippen LogP contribution in [-0.2, 0) is 4.79 Å². The van der Waals surface area contributed by atoms with Gasteiger partial charge in [0.15, 0.2) is 6.10 Å². The molecular weight excluding hydrogens is 268 g/mol. The summed E-state index contributed by atoms with van der Waals surface area (Å²) in [4.78, 5) is 10.7. The standard InChI is InChI=1S/C16H18N2O3/c19-15(16(20)21)12-7-5-11(6-8-12)14-9-10-18(17-14)13-3-1-2-4-13/h5-10,13,15,19H,1-4H2,(H,20,21). The molecule has 1 unspecified atom stereocenters. The van der Waals surface area contributed by atoms with Crippen LogP contribution >= 0.6 is 0 Å². The monoisotopic (exact) mass is 286 g/mol. The van der Waals surface area contributed by atoms with Gasteiger partial charge in [0.2, 0.25) is 0 Å². The van der Waals surface area contributed by atoms with Gasteiger partial charge in [-0.3, -0.25) is 4.68 Å². The van der Waals surface area contributed by atoms with E-state index in [1.165, 1.54) is 25.7 Å². The second-order valence-corrected chi connectivity index (χ2v) is 5.48. The van der Waals surface area contributed by atoms with Crippen LogP contribution in [0.5, 0.6) is 0 Å². The molecule has 1 aliphatic carbocycles. The highest BCUT2D eigenvalue weighted by Crippen LogP contribution is 2.30. The number of carbonyl (C=O) groups is 1. The molecule has 1 aromatic carbocycles. The minimum atomic E-state index is -1.48. The number of carboxylic acids is 1. The zero-order valence-electron chi connectivity index (χ0n) is 11.6. The zero-order chi connectivity index (χ0) is 14.8. The zero-order valence-corrected chi connectivity index (χ0v) is 11.6. The fourth-order valence-electron chi connectivity index (χ4n) is 2.84. The van der Waals surface area contributed by atoms with Crippen LogP contribution in [0.2, 0.25) is 0 Å². The van der Waals surface area contributed by atoms with Crippen molar-refractivity contribution in [1.29, 1.82) is 0 Å². The molecule has 1 saturated carbocycles. The predicted octanol–water partition coefficient (Wildman–Crippen LogP) is 2.78. The van der Waals surface area contributed by atoms with E-state index in [-0.39, 0.29) is 0 Å². The maximum atomic E-state index is 10.7. The average molecular weight is 286 g/mol. The molecule has 1 aromatic heterocycles. The lowest BCUT2D eigenvalue weighted by molar-refractivity contribution is -0.146. The van der Waals surface area contributed by atoms with Crippen LogP contribution in [0, 0.1) is 0 Å². The van der Waals surface area contributed by atoms with Gasteiger partial charge in [0.1, 0.15) is 0 Å². The Bertz CT molecular complexity index is 627. The molecular formula is C16H18N2O3.